The van der Waals surface area contributed by atoms with E-state index >= 15 is 0 Å². The van der Waals surface area contributed by atoms with E-state index in [4.69, 9.17) is 5.73 Å². The number of amides is 1. The normalized spacial score (nSPS) is 24.6. The van der Waals surface area contributed by atoms with Crippen molar-refractivity contribution in [2.45, 2.75) is 38.9 Å². The Balaban J connectivity index is 1.91. The molecule has 4 heteroatoms. The molecule has 3 atom stereocenters. The van der Waals surface area contributed by atoms with Crippen LogP contribution in [0.25, 0.3) is 0 Å². The second-order valence-electron chi connectivity index (χ2n) is 6.29. The van der Waals surface area contributed by atoms with E-state index in [2.05, 4.69) is 36.1 Å². The second-order valence-corrected chi connectivity index (χ2v) is 6.29. The number of nitrogens with two attached hydrogens (primary N) is 1. The maximum atomic E-state index is 12.0. The smallest absolute Gasteiger partial charge is 0.239 e. The molecule has 0 unspecified atom stereocenters. The maximum Gasteiger partial charge on any atom is 0.239 e. The summed E-state index contributed by atoms with van der Waals surface area (Å²) in [5, 5.41) is 0. The summed E-state index contributed by atoms with van der Waals surface area (Å²) in [5.74, 6) is 0.513. The summed E-state index contributed by atoms with van der Waals surface area (Å²) in [6, 6.07) is 10.4. The summed E-state index contributed by atoms with van der Waals surface area (Å²) in [6.45, 7) is 7.03. The van der Waals surface area contributed by atoms with Gasteiger partial charge in [0.2, 0.25) is 5.91 Å². The molecule has 0 radical (unpaired) electrons. The Morgan fingerprint density at radius 3 is 2.67 bits per heavy atom. The average molecular weight is 289 g/mol. The van der Waals surface area contributed by atoms with Crippen LogP contribution in [0.3, 0.4) is 0 Å². The van der Waals surface area contributed by atoms with E-state index in [0.717, 1.165) is 26.1 Å². The Kier molecular flexibility index (Phi) is 5.37. The quantitative estimate of drug-likeness (QED) is 0.918. The molecule has 2 N–H and O–H groups in total. The second kappa shape index (κ2) is 7.05. The van der Waals surface area contributed by atoms with E-state index in [1.54, 1.807) is 6.92 Å². The van der Waals surface area contributed by atoms with Gasteiger partial charge >= 0.3 is 0 Å². The summed E-state index contributed by atoms with van der Waals surface area (Å²) >= 11 is 0. The Bertz CT molecular complexity index is 460. The van der Waals surface area contributed by atoms with Gasteiger partial charge in [0, 0.05) is 32.7 Å². The van der Waals surface area contributed by atoms with Crippen molar-refractivity contribution in [3.8, 4) is 0 Å². The van der Waals surface area contributed by atoms with Crippen molar-refractivity contribution in [2.24, 2.45) is 11.7 Å². The molecule has 2 rings (SSSR count). The Morgan fingerprint density at radius 2 is 2.10 bits per heavy atom. The van der Waals surface area contributed by atoms with Crippen LogP contribution in [0.5, 0.6) is 0 Å². The van der Waals surface area contributed by atoms with Crippen LogP contribution in [0.1, 0.15) is 25.8 Å². The van der Waals surface area contributed by atoms with Gasteiger partial charge in [-0.1, -0.05) is 37.3 Å². The molecule has 0 bridgehead atoms. The van der Waals surface area contributed by atoms with Crippen molar-refractivity contribution in [3.63, 3.8) is 0 Å². The molecule has 1 aromatic carbocycles. The summed E-state index contributed by atoms with van der Waals surface area (Å²) in [4.78, 5) is 16.4. The lowest BCUT2D eigenvalue weighted by molar-refractivity contribution is -0.135. The molecule has 1 aliphatic heterocycles. The van der Waals surface area contributed by atoms with Crippen molar-refractivity contribution in [1.82, 2.24) is 9.80 Å². The zero-order valence-electron chi connectivity index (χ0n) is 13.3. The Labute approximate surface area is 127 Å². The van der Waals surface area contributed by atoms with Crippen LogP contribution < -0.4 is 5.73 Å². The third-order valence-electron chi connectivity index (χ3n) is 4.43. The first kappa shape index (κ1) is 16.0. The zero-order valence-corrected chi connectivity index (χ0v) is 13.3. The molecule has 116 valence electrons. The number of hydrogen-bond acceptors (Lipinski definition) is 3. The number of hydrogen-bond donors (Lipinski definition) is 1. The minimum absolute atomic E-state index is 0.0448. The fraction of sp³-hybridized carbons (Fsp3) is 0.588. The van der Waals surface area contributed by atoms with Crippen LogP contribution in [0.2, 0.25) is 0 Å². The minimum Gasteiger partial charge on any atom is -0.341 e. The van der Waals surface area contributed by atoms with Crippen LogP contribution >= 0.6 is 0 Å². The van der Waals surface area contributed by atoms with Crippen LogP contribution in [0.15, 0.2) is 30.3 Å². The average Bonchev–Trinajstić information content (AvgIpc) is 2.47. The van der Waals surface area contributed by atoms with Crippen LogP contribution in [0, 0.1) is 5.92 Å². The number of carbonyl (C=O) groups excluding carboxylic acids is 1. The van der Waals surface area contributed by atoms with Crippen LogP contribution in [0.4, 0.5) is 0 Å². The first-order valence-electron chi connectivity index (χ1n) is 7.77. The number of nitrogens with zero attached hydrogens (tertiary/aromatic N) is 2. The van der Waals surface area contributed by atoms with Gasteiger partial charge in [0.25, 0.3) is 0 Å². The number of benzene rings is 1. The molecule has 21 heavy (non-hydrogen) atoms. The van der Waals surface area contributed by atoms with Gasteiger partial charge in [-0.05, 0) is 24.8 Å². The molecule has 1 aliphatic rings. The summed E-state index contributed by atoms with van der Waals surface area (Å²) in [7, 11) is 1.89. The number of likely N-dealkylation sites (tertiary alicyclic amines) is 1. The molecule has 1 heterocycles. The predicted molar refractivity (Wildman–Crippen MR) is 85.7 cm³/mol. The van der Waals surface area contributed by atoms with E-state index in [1.807, 2.05) is 18.0 Å². The highest BCUT2D eigenvalue weighted by atomic mass is 16.2. The van der Waals surface area contributed by atoms with Crippen molar-refractivity contribution >= 4 is 5.91 Å². The molecule has 0 saturated carbocycles. The summed E-state index contributed by atoms with van der Waals surface area (Å²) in [6.07, 6.45) is 1.02. The van der Waals surface area contributed by atoms with Crippen LogP contribution in [-0.2, 0) is 11.3 Å². The number of carbonyl (C=O) groups is 1. The highest BCUT2D eigenvalue weighted by Gasteiger charge is 2.31. The highest BCUT2D eigenvalue weighted by Crippen LogP contribution is 2.23. The topological polar surface area (TPSA) is 49.6 Å². The minimum atomic E-state index is -0.412. The lowest BCUT2D eigenvalue weighted by Gasteiger charge is -2.41. The van der Waals surface area contributed by atoms with Gasteiger partial charge in [-0.2, -0.15) is 0 Å². The molecular formula is C17H27N3O. The van der Waals surface area contributed by atoms with Gasteiger partial charge < -0.3 is 10.6 Å². The molecule has 0 aliphatic carbocycles. The van der Waals surface area contributed by atoms with Gasteiger partial charge in [-0.3, -0.25) is 9.69 Å². The first-order valence-corrected chi connectivity index (χ1v) is 7.77. The summed E-state index contributed by atoms with van der Waals surface area (Å²) in [5.41, 5.74) is 7.07. The monoisotopic (exact) mass is 289 g/mol. The van der Waals surface area contributed by atoms with E-state index < -0.39 is 6.04 Å². The molecule has 1 aromatic rings. The predicted octanol–water partition coefficient (Wildman–Crippen LogP) is 1.70. The first-order chi connectivity index (χ1) is 9.99. The van der Waals surface area contributed by atoms with Gasteiger partial charge in [-0.25, -0.2) is 0 Å². The van der Waals surface area contributed by atoms with Gasteiger partial charge in [0.05, 0.1) is 6.04 Å². The molecule has 4 nitrogen and oxygen atoms in total. The van der Waals surface area contributed by atoms with E-state index in [-0.39, 0.29) is 5.91 Å². The number of rotatable bonds is 4. The van der Waals surface area contributed by atoms with Crippen molar-refractivity contribution in [3.05, 3.63) is 35.9 Å². The maximum absolute atomic E-state index is 12.0. The van der Waals surface area contributed by atoms with E-state index in [0.29, 0.717) is 12.0 Å². The SMILES string of the molecule is C[C@H](N)C(=O)N(C)[C@@H]1CCN(Cc2ccccc2)C[C@H]1C. The number of piperidine rings is 1. The highest BCUT2D eigenvalue weighted by molar-refractivity contribution is 5.81. The lowest BCUT2D eigenvalue weighted by atomic mass is 9.92. The molecular weight excluding hydrogens is 262 g/mol. The molecule has 1 saturated heterocycles. The standard InChI is InChI=1S/C17H27N3O/c1-13-11-20(12-15-7-5-4-6-8-15)10-9-16(13)19(3)17(21)14(2)18/h4-8,13-14,16H,9-12,18H2,1-3H3/t13-,14+,16-/m1/s1. The molecule has 0 aromatic heterocycles. The van der Waals surface area contributed by atoms with Crippen molar-refractivity contribution in [1.29, 1.82) is 0 Å². The van der Waals surface area contributed by atoms with Crippen LogP contribution in [-0.4, -0.2) is 47.9 Å². The Hall–Kier alpha value is -1.39. The van der Waals surface area contributed by atoms with Gasteiger partial charge in [0.15, 0.2) is 0 Å². The van der Waals surface area contributed by atoms with Gasteiger partial charge in [0.1, 0.15) is 0 Å². The number of likely N-dealkylation sites (N-methyl/N-ethyl adjacent to an activating group) is 1. The van der Waals surface area contributed by atoms with Crippen molar-refractivity contribution in [2.75, 3.05) is 20.1 Å². The molecule has 1 amide bonds. The third kappa shape index (κ3) is 4.05. The van der Waals surface area contributed by atoms with Crippen molar-refractivity contribution < 1.29 is 4.79 Å². The summed E-state index contributed by atoms with van der Waals surface area (Å²) < 4.78 is 0. The van der Waals surface area contributed by atoms with E-state index in [9.17, 15) is 4.79 Å². The molecule has 0 spiro atoms. The Morgan fingerprint density at radius 1 is 1.43 bits per heavy atom. The largest absolute Gasteiger partial charge is 0.341 e. The lowest BCUT2D eigenvalue weighted by Crippen LogP contribution is -2.53. The molecule has 1 fully saturated rings. The van der Waals surface area contributed by atoms with Gasteiger partial charge in [-0.15, -0.1) is 0 Å². The van der Waals surface area contributed by atoms with E-state index in [1.165, 1.54) is 5.56 Å². The fourth-order valence-electron chi connectivity index (χ4n) is 3.26. The fourth-order valence-corrected chi connectivity index (χ4v) is 3.26. The zero-order chi connectivity index (χ0) is 15.4. The third-order valence-corrected chi connectivity index (χ3v) is 4.43.